The van der Waals surface area contributed by atoms with Gasteiger partial charge in [0.05, 0.1) is 13.0 Å². The standard InChI is InChI=1S/C21H20Cl2F3N3/c1-27-20-7-6-16(12-19(20)23)29(13-15-4-2-3-5-18(15)22)17-8-10-28(14-17)11-9-21(24,25)26/h2-7,12,17H,8-11,13-14H2/t17-/m0/s1. The zero-order chi connectivity index (χ0) is 21.0. The van der Waals surface area contributed by atoms with Crippen LogP contribution in [0.15, 0.2) is 42.5 Å². The van der Waals surface area contributed by atoms with Gasteiger partial charge in [0.1, 0.15) is 0 Å². The van der Waals surface area contributed by atoms with Gasteiger partial charge in [0.15, 0.2) is 0 Å². The summed E-state index contributed by atoms with van der Waals surface area (Å²) in [5, 5.41) is 0.988. The van der Waals surface area contributed by atoms with Crippen molar-refractivity contribution in [2.75, 3.05) is 24.5 Å². The molecule has 0 aliphatic carbocycles. The average molecular weight is 442 g/mol. The van der Waals surface area contributed by atoms with Crippen LogP contribution < -0.4 is 4.90 Å². The Kier molecular flexibility index (Phi) is 6.94. The molecule has 0 radical (unpaired) electrons. The fourth-order valence-corrected chi connectivity index (χ4v) is 3.97. The Morgan fingerprint density at radius 2 is 1.90 bits per heavy atom. The summed E-state index contributed by atoms with van der Waals surface area (Å²) in [7, 11) is 0. The predicted octanol–water partition coefficient (Wildman–Crippen LogP) is 6.58. The molecule has 154 valence electrons. The lowest BCUT2D eigenvalue weighted by Gasteiger charge is -2.32. The number of anilines is 1. The lowest BCUT2D eigenvalue weighted by atomic mass is 10.1. The van der Waals surface area contributed by atoms with Gasteiger partial charge in [-0.1, -0.05) is 47.5 Å². The monoisotopic (exact) mass is 441 g/mol. The van der Waals surface area contributed by atoms with Crippen LogP contribution in [-0.4, -0.2) is 36.8 Å². The minimum atomic E-state index is -4.15. The van der Waals surface area contributed by atoms with Crippen LogP contribution in [0.4, 0.5) is 24.5 Å². The van der Waals surface area contributed by atoms with E-state index in [0.717, 1.165) is 17.7 Å². The lowest BCUT2D eigenvalue weighted by molar-refractivity contribution is -0.137. The summed E-state index contributed by atoms with van der Waals surface area (Å²) < 4.78 is 37.8. The van der Waals surface area contributed by atoms with Crippen molar-refractivity contribution in [3.05, 3.63) is 69.5 Å². The number of hydrogen-bond acceptors (Lipinski definition) is 2. The number of alkyl halides is 3. The highest BCUT2D eigenvalue weighted by Crippen LogP contribution is 2.34. The van der Waals surface area contributed by atoms with Gasteiger partial charge in [-0.3, -0.25) is 0 Å². The van der Waals surface area contributed by atoms with Gasteiger partial charge in [0.2, 0.25) is 5.69 Å². The molecular weight excluding hydrogens is 422 g/mol. The molecule has 2 aromatic rings. The molecule has 1 heterocycles. The Balaban J connectivity index is 1.83. The third-order valence-corrected chi connectivity index (χ3v) is 5.75. The number of hydrogen-bond donors (Lipinski definition) is 0. The molecule has 0 bridgehead atoms. The molecule has 0 spiro atoms. The highest BCUT2D eigenvalue weighted by molar-refractivity contribution is 6.33. The molecule has 1 aliphatic heterocycles. The molecule has 0 N–H and O–H groups in total. The number of halogens is 5. The summed E-state index contributed by atoms with van der Waals surface area (Å²) in [6, 6.07) is 12.8. The normalized spacial score (nSPS) is 17.3. The molecule has 2 aromatic carbocycles. The fraction of sp³-hybridized carbons (Fsp3) is 0.381. The first-order valence-electron chi connectivity index (χ1n) is 9.23. The maximum absolute atomic E-state index is 12.6. The Morgan fingerprint density at radius 1 is 1.14 bits per heavy atom. The molecule has 0 saturated carbocycles. The predicted molar refractivity (Wildman–Crippen MR) is 111 cm³/mol. The second kappa shape index (κ2) is 9.25. The van der Waals surface area contributed by atoms with Gasteiger partial charge in [-0.2, -0.15) is 13.2 Å². The topological polar surface area (TPSA) is 10.8 Å². The average Bonchev–Trinajstić information content (AvgIpc) is 3.14. The molecule has 1 fully saturated rings. The van der Waals surface area contributed by atoms with Crippen LogP contribution >= 0.6 is 23.2 Å². The fourth-order valence-electron chi connectivity index (χ4n) is 3.56. The van der Waals surface area contributed by atoms with Crippen LogP contribution in [-0.2, 0) is 6.54 Å². The van der Waals surface area contributed by atoms with Crippen molar-refractivity contribution in [1.29, 1.82) is 0 Å². The Hall–Kier alpha value is -1.94. The van der Waals surface area contributed by atoms with E-state index in [2.05, 4.69) is 9.74 Å². The van der Waals surface area contributed by atoms with Crippen LogP contribution in [0.2, 0.25) is 10.0 Å². The molecule has 29 heavy (non-hydrogen) atoms. The van der Waals surface area contributed by atoms with Crippen molar-refractivity contribution in [2.24, 2.45) is 0 Å². The van der Waals surface area contributed by atoms with Crippen LogP contribution in [0.25, 0.3) is 4.85 Å². The summed E-state index contributed by atoms with van der Waals surface area (Å²) in [6.07, 6.45) is -4.22. The van der Waals surface area contributed by atoms with Gasteiger partial charge >= 0.3 is 6.18 Å². The largest absolute Gasteiger partial charge is 0.390 e. The summed E-state index contributed by atoms with van der Waals surface area (Å²) >= 11 is 12.6. The van der Waals surface area contributed by atoms with Gasteiger partial charge in [-0.15, -0.1) is 0 Å². The van der Waals surface area contributed by atoms with E-state index in [1.165, 1.54) is 0 Å². The summed E-state index contributed by atoms with van der Waals surface area (Å²) in [4.78, 5) is 7.35. The highest BCUT2D eigenvalue weighted by Gasteiger charge is 2.32. The first-order valence-corrected chi connectivity index (χ1v) is 9.98. The quantitative estimate of drug-likeness (QED) is 0.468. The summed E-state index contributed by atoms with van der Waals surface area (Å²) in [5.74, 6) is 0. The zero-order valence-corrected chi connectivity index (χ0v) is 17.1. The van der Waals surface area contributed by atoms with E-state index in [-0.39, 0.29) is 12.6 Å². The van der Waals surface area contributed by atoms with Crippen molar-refractivity contribution in [2.45, 2.75) is 31.6 Å². The number of nitrogens with zero attached hydrogens (tertiary/aromatic N) is 3. The van der Waals surface area contributed by atoms with Crippen molar-refractivity contribution in [3.63, 3.8) is 0 Å². The number of benzene rings is 2. The lowest BCUT2D eigenvalue weighted by Crippen LogP contribution is -2.38. The van der Waals surface area contributed by atoms with E-state index < -0.39 is 12.6 Å². The Labute approximate surface area is 178 Å². The summed E-state index contributed by atoms with van der Waals surface area (Å²) in [6.45, 7) is 8.81. The molecule has 3 rings (SSSR count). The molecule has 1 saturated heterocycles. The molecule has 0 amide bonds. The maximum Gasteiger partial charge on any atom is 0.390 e. The van der Waals surface area contributed by atoms with Crippen LogP contribution in [0, 0.1) is 6.57 Å². The molecule has 0 unspecified atom stereocenters. The third kappa shape index (κ3) is 5.79. The van der Waals surface area contributed by atoms with Gasteiger partial charge < -0.3 is 9.80 Å². The van der Waals surface area contributed by atoms with E-state index in [1.807, 2.05) is 35.2 Å². The maximum atomic E-state index is 12.6. The minimum absolute atomic E-state index is 0.00263. The third-order valence-electron chi connectivity index (χ3n) is 5.08. The number of likely N-dealkylation sites (tertiary alicyclic amines) is 1. The number of rotatable bonds is 6. The van der Waals surface area contributed by atoms with Crippen LogP contribution in [0.1, 0.15) is 18.4 Å². The van der Waals surface area contributed by atoms with Crippen LogP contribution in [0.3, 0.4) is 0 Å². The molecule has 1 atom stereocenters. The molecule has 8 heteroatoms. The SMILES string of the molecule is [C-]#[N+]c1ccc(N(Cc2ccccc2Cl)[C@H]2CCN(CCC(F)(F)F)C2)cc1Cl. The van der Waals surface area contributed by atoms with Crippen molar-refractivity contribution < 1.29 is 13.2 Å². The van der Waals surface area contributed by atoms with E-state index in [9.17, 15) is 13.2 Å². The Morgan fingerprint density at radius 3 is 2.55 bits per heavy atom. The van der Waals surface area contributed by atoms with E-state index in [4.69, 9.17) is 29.8 Å². The molecule has 0 aromatic heterocycles. The molecule has 1 aliphatic rings. The zero-order valence-electron chi connectivity index (χ0n) is 15.6. The highest BCUT2D eigenvalue weighted by atomic mass is 35.5. The summed E-state index contributed by atoms with van der Waals surface area (Å²) in [5.41, 5.74) is 2.12. The minimum Gasteiger partial charge on any atom is -0.363 e. The molecule has 3 nitrogen and oxygen atoms in total. The van der Waals surface area contributed by atoms with Gasteiger partial charge in [0, 0.05) is 48.0 Å². The van der Waals surface area contributed by atoms with Crippen molar-refractivity contribution in [1.82, 2.24) is 4.90 Å². The molecular formula is C21H20Cl2F3N3. The Bertz CT molecular complexity index is 895. The second-order valence-corrected chi connectivity index (χ2v) is 7.89. The van der Waals surface area contributed by atoms with Gasteiger partial charge in [-0.25, -0.2) is 4.85 Å². The first-order chi connectivity index (χ1) is 13.8. The first kappa shape index (κ1) is 21.8. The van der Waals surface area contributed by atoms with Gasteiger partial charge in [-0.05, 0) is 30.2 Å². The van der Waals surface area contributed by atoms with E-state index in [0.29, 0.717) is 35.4 Å². The van der Waals surface area contributed by atoms with Crippen molar-refractivity contribution in [3.8, 4) is 0 Å². The van der Waals surface area contributed by atoms with E-state index >= 15 is 0 Å². The smallest absolute Gasteiger partial charge is 0.363 e. The van der Waals surface area contributed by atoms with Gasteiger partial charge in [0.25, 0.3) is 0 Å². The van der Waals surface area contributed by atoms with E-state index in [1.54, 1.807) is 12.1 Å². The van der Waals surface area contributed by atoms with Crippen molar-refractivity contribution >= 4 is 34.6 Å². The second-order valence-electron chi connectivity index (χ2n) is 7.08. The van der Waals surface area contributed by atoms with Crippen LogP contribution in [0.5, 0.6) is 0 Å².